The van der Waals surface area contributed by atoms with Gasteiger partial charge in [-0.2, -0.15) is 0 Å². The first-order valence-corrected chi connectivity index (χ1v) is 51.3. The third-order valence-electron chi connectivity index (χ3n) is 25.2. The number of ether oxygens (including phenoxy) is 2. The van der Waals surface area contributed by atoms with E-state index in [0.29, 0.717) is 149 Å². The predicted octanol–water partition coefficient (Wildman–Crippen LogP) is 17.4. The number of carbonyl (C=O) groups excluding carboxylic acids is 7. The van der Waals surface area contributed by atoms with Crippen molar-refractivity contribution in [1.29, 1.82) is 0 Å². The van der Waals surface area contributed by atoms with E-state index in [2.05, 4.69) is 75.1 Å². The van der Waals surface area contributed by atoms with Gasteiger partial charge in [-0.25, -0.2) is 54.0 Å². The fourth-order valence-electron chi connectivity index (χ4n) is 17.6. The van der Waals surface area contributed by atoms with E-state index in [4.69, 9.17) is 75.3 Å². The molecular weight excluding hydrogens is 2080 g/mol. The number of carbonyl (C=O) groups is 7. The Morgan fingerprint density at radius 3 is 0.926 bits per heavy atom. The second-order valence-electron chi connectivity index (χ2n) is 38.1. The smallest absolute Gasteiger partial charge is 0.410 e. The molecule has 6 fully saturated rings. The van der Waals surface area contributed by atoms with Gasteiger partial charge in [-0.1, -0.05) is 89.9 Å². The molecule has 0 aliphatic carbocycles. The molecule has 3 aromatic carbocycles. The van der Waals surface area contributed by atoms with E-state index in [-0.39, 0.29) is 145 Å². The molecule has 0 atom stereocenters. The number of halogens is 6. The van der Waals surface area contributed by atoms with Crippen molar-refractivity contribution in [1.82, 2.24) is 89.4 Å². The maximum absolute atomic E-state index is 13.1. The number of nitrogens with two attached hydrogens (primary N) is 4. The Kier molecular flexibility index (Phi) is 46.6. The van der Waals surface area contributed by atoms with Gasteiger partial charge in [-0.15, -0.1) is 74.4 Å². The van der Waals surface area contributed by atoms with Gasteiger partial charge >= 0.3 is 12.2 Å². The van der Waals surface area contributed by atoms with E-state index in [1.54, 1.807) is 41.3 Å². The number of aryl methyl sites for hydroxylation is 3. The lowest BCUT2D eigenvalue weighted by molar-refractivity contribution is -0.133. The minimum absolute atomic E-state index is 0. The lowest BCUT2D eigenvalue weighted by atomic mass is 9.96. The zero-order chi connectivity index (χ0) is 107. The van der Waals surface area contributed by atoms with E-state index in [1.165, 1.54) is 72.4 Å². The minimum Gasteiger partial charge on any atom is -0.444 e. The number of amides is 7. The van der Waals surface area contributed by atoms with Gasteiger partial charge in [0, 0.05) is 217 Å². The van der Waals surface area contributed by atoms with Gasteiger partial charge in [0.25, 0.3) is 17.1 Å². The molecule has 45 heteroatoms. The molecule has 9 aromatic rings. The first-order valence-electron chi connectivity index (χ1n) is 51.4. The number of benzene rings is 3. The normalized spacial score (nSPS) is 16.0. The molecule has 6 aliphatic heterocycles. The summed E-state index contributed by atoms with van der Waals surface area (Å²) in [5, 5.41) is 9.29. The highest BCUT2D eigenvalue weighted by Gasteiger charge is 2.34. The van der Waals surface area contributed by atoms with E-state index in [0.717, 1.165) is 183 Å². The first-order chi connectivity index (χ1) is 71.1. The quantitative estimate of drug-likeness (QED) is 0.00990. The Morgan fingerprint density at radius 2 is 0.651 bits per heavy atom. The van der Waals surface area contributed by atoms with Crippen LogP contribution < -0.4 is 38.9 Å². The highest BCUT2D eigenvalue weighted by Crippen LogP contribution is 2.40. The van der Waals surface area contributed by atoms with Crippen LogP contribution in [0.15, 0.2) is 143 Å². The number of piperidine rings is 3. The molecule has 6 aromatic heterocycles. The molecule has 36 nitrogen and oxygen atoms in total. The van der Waals surface area contributed by atoms with Crippen LogP contribution >= 0.6 is 110 Å². The molecule has 6 saturated heterocycles. The molecule has 0 radical (unpaired) electrons. The Bertz CT molecular complexity index is 6300. The molecule has 12 heterocycles. The summed E-state index contributed by atoms with van der Waals surface area (Å²) in [6.07, 6.45) is 8.71. The maximum atomic E-state index is 13.1. The third kappa shape index (κ3) is 38.8. The van der Waals surface area contributed by atoms with Crippen molar-refractivity contribution in [3.05, 3.63) is 196 Å². The van der Waals surface area contributed by atoms with Gasteiger partial charge in [0.1, 0.15) is 28.7 Å². The Hall–Kier alpha value is -11.5. The molecular formula is C104H137Cl6N27O9S3. The molecule has 11 N–H and O–H groups in total. The van der Waals surface area contributed by atoms with Gasteiger partial charge < -0.3 is 72.9 Å². The lowest BCUT2D eigenvalue weighted by Crippen LogP contribution is -2.51. The van der Waals surface area contributed by atoms with Crippen molar-refractivity contribution >= 4 is 203 Å². The molecule has 15 rings (SSSR count). The van der Waals surface area contributed by atoms with Crippen LogP contribution in [0.1, 0.15) is 155 Å². The van der Waals surface area contributed by atoms with E-state index in [1.807, 2.05) is 128 Å². The summed E-state index contributed by atoms with van der Waals surface area (Å²) in [5.41, 5.74) is 32.8. The van der Waals surface area contributed by atoms with Gasteiger partial charge in [0.05, 0.1) is 53.9 Å². The molecule has 802 valence electrons. The van der Waals surface area contributed by atoms with Crippen molar-refractivity contribution in [3.8, 4) is 33.8 Å². The van der Waals surface area contributed by atoms with Gasteiger partial charge in [-0.05, 0) is 220 Å². The van der Waals surface area contributed by atoms with Crippen molar-refractivity contribution < 1.29 is 51.3 Å². The number of nitrogens with one attached hydrogen (secondary N) is 3. The fraction of sp³-hybridized carbons (Fsp3) is 0.471. The SMILES string of the molecule is Cl.Cl.Cl.Cl.Cl.Cl.[2H]C([2H])([2H])C(=O)Nc1ccc(-c2nc(SCc3cccc(CCC(=O)N4CCN(CC5CCN(C(=O)OC(C)(C)C)CC5)CC4)n3)nc(N)c2[N+]#[C-])cc1.[2H]C([2H])([2H])C(=O)Nc1ccc(-c2nc(SCc3cccc(CCC(=O)N4CCN(CC5CCNCC5)CC4)n3)nc(N)c2[N+]#[C-])cc1.[C-]#[N+]c1c(N)nc(SCc2cccc(CCC(=O)N3CCN(CC4CCN(C(=O)OC(C)(C)C)CC4)CC3)n2)nc1-c1ccc(N)cc1. The fourth-order valence-corrected chi connectivity index (χ4v) is 19.9. The van der Waals surface area contributed by atoms with Crippen molar-refractivity contribution in [2.45, 2.75) is 176 Å². The maximum Gasteiger partial charge on any atom is 0.410 e. The number of pyridine rings is 3. The largest absolute Gasteiger partial charge is 0.444 e. The second-order valence-corrected chi connectivity index (χ2v) is 40.9. The highest BCUT2D eigenvalue weighted by atomic mass is 35.5. The number of rotatable bonds is 29. The summed E-state index contributed by atoms with van der Waals surface area (Å²) in [7, 11) is 0. The van der Waals surface area contributed by atoms with Crippen LogP contribution in [0.25, 0.3) is 48.3 Å². The molecule has 0 bridgehead atoms. The summed E-state index contributed by atoms with van der Waals surface area (Å²) < 4.78 is 54.4. The van der Waals surface area contributed by atoms with E-state index < -0.39 is 36.7 Å². The number of aromatic nitrogens is 9. The van der Waals surface area contributed by atoms with Crippen molar-refractivity contribution in [2.24, 2.45) is 17.8 Å². The number of hydrogen-bond acceptors (Lipinski definition) is 29. The van der Waals surface area contributed by atoms with Crippen LogP contribution in [0, 0.1) is 37.5 Å². The Morgan fingerprint density at radius 1 is 0.376 bits per heavy atom. The van der Waals surface area contributed by atoms with Gasteiger partial charge in [-0.3, -0.25) is 53.6 Å². The molecule has 149 heavy (non-hydrogen) atoms. The van der Waals surface area contributed by atoms with Crippen LogP contribution in [0.5, 0.6) is 0 Å². The standard InChI is InChI=1S/C37H47N9O4S.C35H45N9O3S.C32H39N9O2S.6ClH/c1-25(47)40-29-11-9-27(10-12-29)32-33(39-5)34(38)43-35(42-32)51-24-30-8-6-7-28(41-30)13-14-31(48)45-21-19-44(20-22-45)23-26-15-17-46(18-16-26)36(49)50-37(2,3)4;1-35(2,3)47-34(46)44-16-14-24(15-17-44)22-42-18-20-43(21-19-42)29(45)13-12-27-6-5-7-28(39-27)23-48-33-40-30(31(38-4)32(37)41-33)25-8-10-26(36)11-9-25;1-22(42)36-26-8-6-24(7-9-26)29-30(34-2)31(33)39-32(38-29)44-21-27-5-3-4-25(37-27)10-11-28(43)41-18-16-40(17-19-41)20-23-12-14-35-15-13-23;;;;;;/h6-12,26H,13-24H2,1-4H3,(H,40,47)(H2,38,42,43);5-11,24H,12-23,36H2,1-3H3,(H2,37,40,41);3-9,23,35H,10-21H2,1H3,(H,36,42)(H2,33,38,39);6*1H/i1D3;;1D3;;;;;;. The minimum atomic E-state index is -2.78. The second kappa shape index (κ2) is 60.5. The van der Waals surface area contributed by atoms with Gasteiger partial charge in [0.15, 0.2) is 15.5 Å². The number of hydrogen-bond donors (Lipinski definition) is 7. The number of likely N-dealkylation sites (tertiary alicyclic amines) is 2. The third-order valence-corrected chi connectivity index (χ3v) is 27.8. The zero-order valence-corrected chi connectivity index (χ0v) is 91.8. The van der Waals surface area contributed by atoms with Gasteiger partial charge in [0.2, 0.25) is 29.5 Å². The summed E-state index contributed by atoms with van der Waals surface area (Å²) in [5.74, 6) is 1.69. The Labute approximate surface area is 931 Å². The number of piperazine rings is 3. The van der Waals surface area contributed by atoms with Crippen molar-refractivity contribution in [3.63, 3.8) is 0 Å². The lowest BCUT2D eigenvalue weighted by Gasteiger charge is -2.39. The summed E-state index contributed by atoms with van der Waals surface area (Å²) in [4.78, 5) is 156. The number of thioether (sulfide) groups is 3. The van der Waals surface area contributed by atoms with Crippen LogP contribution in [0.3, 0.4) is 0 Å². The van der Waals surface area contributed by atoms with Crippen LogP contribution in [0.2, 0.25) is 0 Å². The average molecular weight is 2220 g/mol. The summed E-state index contributed by atoms with van der Waals surface area (Å²) in [6.45, 7) is 46.5. The molecule has 0 saturated carbocycles. The monoisotopic (exact) mass is 2220 g/mol. The van der Waals surface area contributed by atoms with Crippen LogP contribution in [-0.4, -0.2) is 274 Å². The van der Waals surface area contributed by atoms with E-state index >= 15 is 0 Å². The zero-order valence-electron chi connectivity index (χ0n) is 90.4. The number of anilines is 6. The van der Waals surface area contributed by atoms with E-state index in [9.17, 15) is 33.6 Å². The molecule has 7 amide bonds. The van der Waals surface area contributed by atoms with Crippen molar-refractivity contribution in [2.75, 3.05) is 171 Å². The number of nitrogens with zero attached hydrogens (tertiary/aromatic N) is 20. The topological polar surface area (TPSA) is 433 Å². The predicted molar refractivity (Wildman–Crippen MR) is 603 cm³/mol. The summed E-state index contributed by atoms with van der Waals surface area (Å²) >= 11 is 4.03. The molecule has 0 unspecified atom stereocenters. The highest BCUT2D eigenvalue weighted by molar-refractivity contribution is 7.98. The average Bonchev–Trinajstić information content (AvgIpc) is 0.805. The summed E-state index contributed by atoms with van der Waals surface area (Å²) in [6, 6.07) is 37.1. The molecule has 0 spiro atoms. The Balaban J connectivity index is 0.000000308. The number of nitrogen functional groups attached to an aromatic ring is 4. The molecule has 6 aliphatic rings. The van der Waals surface area contributed by atoms with Crippen LogP contribution in [-0.2, 0) is 70.0 Å². The first kappa shape index (κ1) is 115. The van der Waals surface area contributed by atoms with Crippen LogP contribution in [0.4, 0.5) is 61.2 Å².